The summed E-state index contributed by atoms with van der Waals surface area (Å²) >= 11 is 0. The minimum Gasteiger partial charge on any atom is -0.311 e. The fourth-order valence-corrected chi connectivity index (χ4v) is 1.81. The first-order valence-electron chi connectivity index (χ1n) is 5.50. The first kappa shape index (κ1) is 11.5. The summed E-state index contributed by atoms with van der Waals surface area (Å²) in [7, 11) is 0. The third-order valence-corrected chi connectivity index (χ3v) is 2.88. The van der Waals surface area contributed by atoms with E-state index in [2.05, 4.69) is 30.1 Å². The molecule has 0 aliphatic carbocycles. The summed E-state index contributed by atoms with van der Waals surface area (Å²) in [5.74, 6) is 0.128. The van der Waals surface area contributed by atoms with Crippen molar-refractivity contribution < 1.29 is 0 Å². The first-order chi connectivity index (χ1) is 6.63. The van der Waals surface area contributed by atoms with Gasteiger partial charge in [0, 0.05) is 25.2 Å². The lowest BCUT2D eigenvalue weighted by Gasteiger charge is -2.20. The highest BCUT2D eigenvalue weighted by molar-refractivity contribution is 4.86. The van der Waals surface area contributed by atoms with Gasteiger partial charge in [0.05, 0.1) is 12.0 Å². The average molecular weight is 195 g/mol. The highest BCUT2D eigenvalue weighted by atomic mass is 15.2. The summed E-state index contributed by atoms with van der Waals surface area (Å²) in [6, 6.07) is 3.49. The van der Waals surface area contributed by atoms with Crippen LogP contribution in [-0.4, -0.2) is 36.6 Å². The average Bonchev–Trinajstić information content (AvgIpc) is 2.62. The van der Waals surface area contributed by atoms with Gasteiger partial charge in [-0.1, -0.05) is 0 Å². The van der Waals surface area contributed by atoms with Crippen LogP contribution in [0.2, 0.25) is 0 Å². The molecule has 2 unspecified atom stereocenters. The lowest BCUT2D eigenvalue weighted by molar-refractivity contribution is 0.268. The van der Waals surface area contributed by atoms with Crippen molar-refractivity contribution in [1.82, 2.24) is 10.2 Å². The maximum atomic E-state index is 8.65. The van der Waals surface area contributed by atoms with E-state index < -0.39 is 0 Å². The molecule has 3 nitrogen and oxygen atoms in total. The quantitative estimate of drug-likeness (QED) is 0.733. The second kappa shape index (κ2) is 5.33. The second-order valence-corrected chi connectivity index (χ2v) is 4.51. The number of nitrogens with zero attached hydrogens (tertiary/aromatic N) is 2. The second-order valence-electron chi connectivity index (χ2n) is 4.51. The third kappa shape index (κ3) is 3.28. The SMILES string of the molecule is CC(C#N)CNC1CCN(C(C)C)C1. The molecule has 0 saturated carbocycles. The molecular formula is C11H21N3. The summed E-state index contributed by atoms with van der Waals surface area (Å²) in [5.41, 5.74) is 0. The van der Waals surface area contributed by atoms with E-state index in [0.29, 0.717) is 12.1 Å². The van der Waals surface area contributed by atoms with E-state index in [1.165, 1.54) is 13.0 Å². The molecule has 2 atom stereocenters. The third-order valence-electron chi connectivity index (χ3n) is 2.88. The van der Waals surface area contributed by atoms with Crippen molar-refractivity contribution in [1.29, 1.82) is 5.26 Å². The van der Waals surface area contributed by atoms with E-state index in [4.69, 9.17) is 5.26 Å². The lowest BCUT2D eigenvalue weighted by Crippen LogP contribution is -2.36. The molecule has 1 rings (SSSR count). The smallest absolute Gasteiger partial charge is 0.0666 e. The van der Waals surface area contributed by atoms with Gasteiger partial charge in [0.1, 0.15) is 0 Å². The number of hydrogen-bond donors (Lipinski definition) is 1. The maximum Gasteiger partial charge on any atom is 0.0666 e. The number of hydrogen-bond acceptors (Lipinski definition) is 3. The Morgan fingerprint density at radius 3 is 2.71 bits per heavy atom. The predicted octanol–water partition coefficient (Wildman–Crippen LogP) is 1.22. The molecule has 0 spiro atoms. The zero-order valence-electron chi connectivity index (χ0n) is 9.45. The van der Waals surface area contributed by atoms with Crippen molar-refractivity contribution in [2.24, 2.45) is 5.92 Å². The van der Waals surface area contributed by atoms with E-state index in [1.54, 1.807) is 0 Å². The van der Waals surface area contributed by atoms with Crippen molar-refractivity contribution in [2.45, 2.75) is 39.3 Å². The molecular weight excluding hydrogens is 174 g/mol. The molecule has 0 radical (unpaired) electrons. The van der Waals surface area contributed by atoms with Gasteiger partial charge >= 0.3 is 0 Å². The Morgan fingerprint density at radius 1 is 1.50 bits per heavy atom. The zero-order valence-corrected chi connectivity index (χ0v) is 9.45. The summed E-state index contributed by atoms with van der Waals surface area (Å²) in [4.78, 5) is 2.48. The van der Waals surface area contributed by atoms with Gasteiger partial charge in [0.15, 0.2) is 0 Å². The van der Waals surface area contributed by atoms with E-state index in [0.717, 1.165) is 13.1 Å². The van der Waals surface area contributed by atoms with Crippen LogP contribution in [-0.2, 0) is 0 Å². The molecule has 0 aromatic rings. The van der Waals surface area contributed by atoms with Crippen LogP contribution in [0.5, 0.6) is 0 Å². The van der Waals surface area contributed by atoms with Crippen LogP contribution >= 0.6 is 0 Å². The summed E-state index contributed by atoms with van der Waals surface area (Å²) in [6.07, 6.45) is 1.22. The van der Waals surface area contributed by atoms with Gasteiger partial charge in [0.2, 0.25) is 0 Å². The molecule has 1 fully saturated rings. The van der Waals surface area contributed by atoms with Crippen molar-refractivity contribution >= 4 is 0 Å². The van der Waals surface area contributed by atoms with E-state index in [1.807, 2.05) is 6.92 Å². The van der Waals surface area contributed by atoms with Gasteiger partial charge in [0.25, 0.3) is 0 Å². The topological polar surface area (TPSA) is 39.1 Å². The van der Waals surface area contributed by atoms with Crippen LogP contribution in [0.3, 0.4) is 0 Å². The molecule has 1 N–H and O–H groups in total. The van der Waals surface area contributed by atoms with Gasteiger partial charge < -0.3 is 5.32 Å². The normalized spacial score (nSPS) is 25.2. The lowest BCUT2D eigenvalue weighted by atomic mass is 10.2. The van der Waals surface area contributed by atoms with Gasteiger partial charge in [-0.05, 0) is 33.7 Å². The molecule has 1 heterocycles. The molecule has 80 valence electrons. The van der Waals surface area contributed by atoms with E-state index >= 15 is 0 Å². The molecule has 0 aromatic carbocycles. The summed E-state index contributed by atoms with van der Waals surface area (Å²) in [5, 5.41) is 12.1. The Bertz CT molecular complexity index is 207. The largest absolute Gasteiger partial charge is 0.311 e. The van der Waals surface area contributed by atoms with Crippen molar-refractivity contribution in [3.05, 3.63) is 0 Å². The summed E-state index contributed by atoms with van der Waals surface area (Å²) in [6.45, 7) is 9.59. The van der Waals surface area contributed by atoms with Crippen LogP contribution in [0.25, 0.3) is 0 Å². The van der Waals surface area contributed by atoms with Crippen LogP contribution in [0.4, 0.5) is 0 Å². The van der Waals surface area contributed by atoms with Crippen LogP contribution in [0.1, 0.15) is 27.2 Å². The number of rotatable bonds is 4. The molecule has 1 saturated heterocycles. The Hall–Kier alpha value is -0.590. The van der Waals surface area contributed by atoms with Gasteiger partial charge in [-0.2, -0.15) is 5.26 Å². The fourth-order valence-electron chi connectivity index (χ4n) is 1.81. The van der Waals surface area contributed by atoms with E-state index in [-0.39, 0.29) is 5.92 Å². The number of nitrogens with one attached hydrogen (secondary N) is 1. The molecule has 0 amide bonds. The molecule has 14 heavy (non-hydrogen) atoms. The van der Waals surface area contributed by atoms with Crippen LogP contribution in [0, 0.1) is 17.2 Å². The monoisotopic (exact) mass is 195 g/mol. The fraction of sp³-hybridized carbons (Fsp3) is 0.909. The van der Waals surface area contributed by atoms with Crippen molar-refractivity contribution in [2.75, 3.05) is 19.6 Å². The summed E-state index contributed by atoms with van der Waals surface area (Å²) < 4.78 is 0. The standard InChI is InChI=1S/C11H21N3/c1-9(2)14-5-4-11(8-14)13-7-10(3)6-12/h9-11,13H,4-5,7-8H2,1-3H3. The molecule has 1 aliphatic heterocycles. The Balaban J connectivity index is 2.20. The minimum absolute atomic E-state index is 0.128. The van der Waals surface area contributed by atoms with Crippen LogP contribution < -0.4 is 5.32 Å². The maximum absolute atomic E-state index is 8.65. The molecule has 0 bridgehead atoms. The minimum atomic E-state index is 0.128. The van der Waals surface area contributed by atoms with Crippen molar-refractivity contribution in [3.8, 4) is 6.07 Å². The highest BCUT2D eigenvalue weighted by Gasteiger charge is 2.23. The highest BCUT2D eigenvalue weighted by Crippen LogP contribution is 2.12. The Morgan fingerprint density at radius 2 is 2.21 bits per heavy atom. The van der Waals surface area contributed by atoms with Gasteiger partial charge in [-0.25, -0.2) is 0 Å². The Labute approximate surface area is 87.1 Å². The zero-order chi connectivity index (χ0) is 10.6. The predicted molar refractivity (Wildman–Crippen MR) is 57.9 cm³/mol. The molecule has 3 heteroatoms. The molecule has 0 aromatic heterocycles. The first-order valence-corrected chi connectivity index (χ1v) is 5.50. The molecule has 1 aliphatic rings. The van der Waals surface area contributed by atoms with Gasteiger partial charge in [-0.15, -0.1) is 0 Å². The van der Waals surface area contributed by atoms with Crippen molar-refractivity contribution in [3.63, 3.8) is 0 Å². The van der Waals surface area contributed by atoms with E-state index in [9.17, 15) is 0 Å². The number of nitriles is 1. The Kier molecular flexibility index (Phi) is 4.37. The number of likely N-dealkylation sites (tertiary alicyclic amines) is 1. The van der Waals surface area contributed by atoms with Gasteiger partial charge in [-0.3, -0.25) is 4.90 Å². The van der Waals surface area contributed by atoms with Crippen LogP contribution in [0.15, 0.2) is 0 Å².